The van der Waals surface area contributed by atoms with E-state index in [2.05, 4.69) is 4.99 Å². The Bertz CT molecular complexity index is 1040. The lowest BCUT2D eigenvalue weighted by Crippen LogP contribution is -2.13. The zero-order chi connectivity index (χ0) is 17.3. The fraction of sp³-hybridized carbons (Fsp3) is 0.118. The first-order valence-electron chi connectivity index (χ1n) is 6.96. The molecule has 3 aromatic rings. The SMILES string of the molecule is COc1ccc(Cl)c2sc(=NC(=O)c3ccc(C#N)cc3)n(C)c12. The van der Waals surface area contributed by atoms with Crippen LogP contribution in [0.4, 0.5) is 0 Å². The molecule has 0 saturated heterocycles. The van der Waals surface area contributed by atoms with Gasteiger partial charge in [-0.2, -0.15) is 10.3 Å². The summed E-state index contributed by atoms with van der Waals surface area (Å²) in [5, 5.41) is 9.39. The number of halogens is 1. The third kappa shape index (κ3) is 2.80. The number of carbonyl (C=O) groups excluding carboxylic acids is 1. The highest BCUT2D eigenvalue weighted by Crippen LogP contribution is 2.32. The predicted molar refractivity (Wildman–Crippen MR) is 93.4 cm³/mol. The smallest absolute Gasteiger partial charge is 0.279 e. The second-order valence-electron chi connectivity index (χ2n) is 4.98. The van der Waals surface area contributed by atoms with Crippen LogP contribution >= 0.6 is 22.9 Å². The Morgan fingerprint density at radius 2 is 2.00 bits per heavy atom. The summed E-state index contributed by atoms with van der Waals surface area (Å²) >= 11 is 7.56. The van der Waals surface area contributed by atoms with Gasteiger partial charge in [0.1, 0.15) is 11.3 Å². The molecule has 0 aliphatic rings. The number of hydrogen-bond donors (Lipinski definition) is 0. The summed E-state index contributed by atoms with van der Waals surface area (Å²) in [6.45, 7) is 0. The topological polar surface area (TPSA) is 67.4 Å². The zero-order valence-corrected chi connectivity index (χ0v) is 14.5. The number of aryl methyl sites for hydroxylation is 1. The average Bonchev–Trinajstić information content (AvgIpc) is 2.93. The number of methoxy groups -OCH3 is 1. The van der Waals surface area contributed by atoms with E-state index in [0.717, 1.165) is 10.2 Å². The summed E-state index contributed by atoms with van der Waals surface area (Å²) < 4.78 is 7.96. The fourth-order valence-corrected chi connectivity index (χ4v) is 3.61. The van der Waals surface area contributed by atoms with Crippen LogP contribution in [0.1, 0.15) is 15.9 Å². The van der Waals surface area contributed by atoms with Gasteiger partial charge in [-0.05, 0) is 36.4 Å². The van der Waals surface area contributed by atoms with E-state index in [1.54, 1.807) is 48.1 Å². The first-order chi connectivity index (χ1) is 11.5. The van der Waals surface area contributed by atoms with Gasteiger partial charge in [-0.1, -0.05) is 22.9 Å². The number of nitriles is 1. The number of benzene rings is 2. The quantitative estimate of drug-likeness (QED) is 0.704. The zero-order valence-electron chi connectivity index (χ0n) is 12.9. The van der Waals surface area contributed by atoms with Crippen LogP contribution in [0.15, 0.2) is 41.4 Å². The van der Waals surface area contributed by atoms with Crippen LogP contribution < -0.4 is 9.54 Å². The van der Waals surface area contributed by atoms with Crippen molar-refractivity contribution in [3.63, 3.8) is 0 Å². The largest absolute Gasteiger partial charge is 0.495 e. The summed E-state index contributed by atoms with van der Waals surface area (Å²) in [5.41, 5.74) is 1.71. The van der Waals surface area contributed by atoms with E-state index in [1.165, 1.54) is 11.3 Å². The molecule has 0 radical (unpaired) electrons. The van der Waals surface area contributed by atoms with Gasteiger partial charge in [0.15, 0.2) is 4.80 Å². The van der Waals surface area contributed by atoms with Gasteiger partial charge >= 0.3 is 0 Å². The van der Waals surface area contributed by atoms with Crippen molar-refractivity contribution in [1.82, 2.24) is 4.57 Å². The molecule has 0 spiro atoms. The van der Waals surface area contributed by atoms with E-state index in [-0.39, 0.29) is 5.91 Å². The van der Waals surface area contributed by atoms with Gasteiger partial charge in [0.05, 0.1) is 28.5 Å². The highest BCUT2D eigenvalue weighted by molar-refractivity contribution is 7.17. The summed E-state index contributed by atoms with van der Waals surface area (Å²) in [4.78, 5) is 17.1. The Balaban J connectivity index is 2.13. The van der Waals surface area contributed by atoms with E-state index in [4.69, 9.17) is 21.6 Å². The van der Waals surface area contributed by atoms with Crippen LogP contribution in [-0.2, 0) is 7.05 Å². The van der Waals surface area contributed by atoms with Crippen LogP contribution in [0.25, 0.3) is 10.2 Å². The van der Waals surface area contributed by atoms with Crippen LogP contribution in [0.5, 0.6) is 5.75 Å². The summed E-state index contributed by atoms with van der Waals surface area (Å²) in [6, 6.07) is 11.9. The molecule has 24 heavy (non-hydrogen) atoms. The summed E-state index contributed by atoms with van der Waals surface area (Å²) in [5.74, 6) is 0.289. The Morgan fingerprint density at radius 1 is 1.29 bits per heavy atom. The van der Waals surface area contributed by atoms with Crippen LogP contribution in [0, 0.1) is 11.3 Å². The van der Waals surface area contributed by atoms with Gasteiger partial charge < -0.3 is 9.30 Å². The van der Waals surface area contributed by atoms with E-state index >= 15 is 0 Å². The lowest BCUT2D eigenvalue weighted by molar-refractivity contribution is 0.0998. The molecule has 0 bridgehead atoms. The molecule has 0 aliphatic carbocycles. The first-order valence-corrected chi connectivity index (χ1v) is 8.16. The van der Waals surface area contributed by atoms with E-state index in [1.807, 2.05) is 13.1 Å². The van der Waals surface area contributed by atoms with Gasteiger partial charge in [-0.25, -0.2) is 0 Å². The molecule has 0 unspecified atom stereocenters. The van der Waals surface area contributed by atoms with Gasteiger partial charge in [0, 0.05) is 12.6 Å². The molecule has 0 fully saturated rings. The number of nitrogens with zero attached hydrogens (tertiary/aromatic N) is 3. The molecule has 5 nitrogen and oxygen atoms in total. The molecule has 0 aliphatic heterocycles. The van der Waals surface area contributed by atoms with Crippen molar-refractivity contribution < 1.29 is 9.53 Å². The van der Waals surface area contributed by atoms with Crippen molar-refractivity contribution in [2.45, 2.75) is 0 Å². The minimum Gasteiger partial charge on any atom is -0.495 e. The molecular formula is C17H12ClN3O2S. The number of rotatable bonds is 2. The van der Waals surface area contributed by atoms with Gasteiger partial charge in [-0.15, -0.1) is 0 Å². The Labute approximate surface area is 147 Å². The molecular weight excluding hydrogens is 346 g/mol. The molecule has 7 heteroatoms. The molecule has 0 saturated carbocycles. The minimum absolute atomic E-state index is 0.378. The molecule has 1 aromatic heterocycles. The predicted octanol–water partition coefficient (Wildman–Crippen LogP) is 3.51. The van der Waals surface area contributed by atoms with E-state index in [0.29, 0.717) is 26.7 Å². The third-order valence-electron chi connectivity index (χ3n) is 3.54. The number of aromatic nitrogens is 1. The van der Waals surface area contributed by atoms with Gasteiger partial charge in [0.2, 0.25) is 0 Å². The number of hydrogen-bond acceptors (Lipinski definition) is 4. The Morgan fingerprint density at radius 3 is 2.62 bits per heavy atom. The molecule has 3 rings (SSSR count). The third-order valence-corrected chi connectivity index (χ3v) is 5.13. The van der Waals surface area contributed by atoms with Gasteiger partial charge in [-0.3, -0.25) is 4.79 Å². The second-order valence-corrected chi connectivity index (χ2v) is 6.36. The van der Waals surface area contributed by atoms with Gasteiger partial charge in [0.25, 0.3) is 5.91 Å². The van der Waals surface area contributed by atoms with Crippen LogP contribution in [-0.4, -0.2) is 17.6 Å². The maximum absolute atomic E-state index is 12.4. The highest BCUT2D eigenvalue weighted by atomic mass is 35.5. The van der Waals surface area contributed by atoms with E-state index in [9.17, 15) is 4.79 Å². The van der Waals surface area contributed by atoms with Crippen molar-refractivity contribution in [2.75, 3.05) is 7.11 Å². The van der Waals surface area contributed by atoms with Crippen molar-refractivity contribution in [2.24, 2.45) is 12.0 Å². The standard InChI is InChI=1S/C17H12ClN3O2S/c1-21-14-13(23-2)8-7-12(18)15(14)24-17(21)20-16(22)11-5-3-10(9-19)4-6-11/h3-8H,1-2H3. The maximum Gasteiger partial charge on any atom is 0.279 e. The normalized spacial score (nSPS) is 11.5. The fourth-order valence-electron chi connectivity index (χ4n) is 2.30. The highest BCUT2D eigenvalue weighted by Gasteiger charge is 2.13. The monoisotopic (exact) mass is 357 g/mol. The van der Waals surface area contributed by atoms with E-state index < -0.39 is 0 Å². The summed E-state index contributed by atoms with van der Waals surface area (Å²) in [6.07, 6.45) is 0. The molecule has 0 atom stereocenters. The van der Waals surface area contributed by atoms with Crippen LogP contribution in [0.3, 0.4) is 0 Å². The number of thiazole rings is 1. The Hall–Kier alpha value is -2.62. The van der Waals surface area contributed by atoms with Crippen molar-refractivity contribution in [3.8, 4) is 11.8 Å². The lowest BCUT2D eigenvalue weighted by Gasteiger charge is -2.04. The number of amides is 1. The maximum atomic E-state index is 12.4. The molecule has 1 heterocycles. The number of ether oxygens (including phenoxy) is 1. The second kappa shape index (κ2) is 6.48. The molecule has 2 aromatic carbocycles. The van der Waals surface area contributed by atoms with Crippen molar-refractivity contribution >= 4 is 39.1 Å². The molecule has 0 N–H and O–H groups in total. The minimum atomic E-state index is -0.378. The van der Waals surface area contributed by atoms with Crippen molar-refractivity contribution in [1.29, 1.82) is 5.26 Å². The lowest BCUT2D eigenvalue weighted by atomic mass is 10.1. The van der Waals surface area contributed by atoms with Crippen molar-refractivity contribution in [3.05, 3.63) is 57.3 Å². The molecule has 1 amide bonds. The van der Waals surface area contributed by atoms with Crippen LogP contribution in [0.2, 0.25) is 5.02 Å². The molecule has 120 valence electrons. The number of fused-ring (bicyclic) bond motifs is 1. The Kier molecular flexibility index (Phi) is 4.38. The average molecular weight is 358 g/mol. The summed E-state index contributed by atoms with van der Waals surface area (Å²) in [7, 11) is 3.39. The first kappa shape index (κ1) is 16.2. The number of carbonyl (C=O) groups is 1.